The minimum Gasteiger partial charge on any atom is -0.382 e. The highest BCUT2D eigenvalue weighted by atomic mass is 35.5. The Balaban J connectivity index is 2.51. The maximum absolute atomic E-state index is 5.86. The first-order chi connectivity index (χ1) is 5.75. The van der Waals surface area contributed by atoms with Crippen LogP contribution >= 0.6 is 23.1 Å². The molecule has 0 fully saturated rings. The first-order valence-electron chi connectivity index (χ1n) is 3.57. The predicted octanol–water partition coefficient (Wildman–Crippen LogP) is 2.01. The van der Waals surface area contributed by atoms with Gasteiger partial charge in [0.1, 0.15) is 0 Å². The number of halogens is 1. The van der Waals surface area contributed by atoms with Gasteiger partial charge in [-0.15, -0.1) is 0 Å². The van der Waals surface area contributed by atoms with E-state index in [1.54, 1.807) is 0 Å². The van der Waals surface area contributed by atoms with Crippen LogP contribution in [0.25, 0.3) is 0 Å². The fraction of sp³-hybridized carbons (Fsp3) is 0.429. The van der Waals surface area contributed by atoms with E-state index in [-0.39, 0.29) is 0 Å². The zero-order valence-corrected chi connectivity index (χ0v) is 8.16. The van der Waals surface area contributed by atoms with Crippen molar-refractivity contribution in [3.8, 4) is 0 Å². The number of nitrogens with zero attached hydrogens (tertiary/aromatic N) is 2. The second kappa shape index (κ2) is 4.42. The molecule has 1 rings (SSSR count). The molecular formula is C7H10ClN3S. The number of hydrogen-bond donors (Lipinski definition) is 1. The summed E-state index contributed by atoms with van der Waals surface area (Å²) in [6.45, 7) is 4.16. The molecule has 0 amide bonds. The van der Waals surface area contributed by atoms with Gasteiger partial charge in [0.05, 0.1) is 5.02 Å². The van der Waals surface area contributed by atoms with E-state index in [9.17, 15) is 0 Å². The number of nitrogens with two attached hydrogens (primary N) is 1. The van der Waals surface area contributed by atoms with Gasteiger partial charge in [0.2, 0.25) is 0 Å². The third-order valence-electron chi connectivity index (χ3n) is 1.44. The highest BCUT2D eigenvalue weighted by molar-refractivity contribution is 7.06. The van der Waals surface area contributed by atoms with Crippen LogP contribution in [0.1, 0.15) is 11.3 Å². The quantitative estimate of drug-likeness (QED) is 0.601. The lowest BCUT2D eigenvalue weighted by molar-refractivity contribution is 0.849. The average molecular weight is 204 g/mol. The van der Waals surface area contributed by atoms with Crippen molar-refractivity contribution in [1.29, 1.82) is 0 Å². The summed E-state index contributed by atoms with van der Waals surface area (Å²) in [6.07, 6.45) is 1.83. The molecule has 0 atom stereocenters. The highest BCUT2D eigenvalue weighted by Gasteiger charge is 2.07. The first-order valence-corrected chi connectivity index (χ1v) is 4.73. The van der Waals surface area contributed by atoms with Crippen LogP contribution in [0.5, 0.6) is 0 Å². The van der Waals surface area contributed by atoms with Crippen LogP contribution in [0.15, 0.2) is 4.99 Å². The van der Waals surface area contributed by atoms with Crippen LogP contribution in [-0.2, 0) is 6.42 Å². The first kappa shape index (κ1) is 9.48. The number of aryl methyl sites for hydroxylation is 1. The molecule has 0 saturated heterocycles. The topological polar surface area (TPSA) is 51.3 Å². The molecular weight excluding hydrogens is 194 g/mol. The van der Waals surface area contributed by atoms with Crippen LogP contribution < -0.4 is 5.73 Å². The number of rotatable bonds is 4. The van der Waals surface area contributed by atoms with Crippen molar-refractivity contribution in [2.24, 2.45) is 4.99 Å². The van der Waals surface area contributed by atoms with Crippen molar-refractivity contribution < 1.29 is 0 Å². The molecule has 0 saturated carbocycles. The van der Waals surface area contributed by atoms with Crippen LogP contribution in [0, 0.1) is 0 Å². The van der Waals surface area contributed by atoms with Crippen molar-refractivity contribution in [3.63, 3.8) is 0 Å². The van der Waals surface area contributed by atoms with Gasteiger partial charge >= 0.3 is 0 Å². The number of hydrogen-bond acceptors (Lipinski definition) is 4. The lowest BCUT2D eigenvalue weighted by Crippen LogP contribution is -1.87. The van der Waals surface area contributed by atoms with Crippen molar-refractivity contribution >= 4 is 35.7 Å². The van der Waals surface area contributed by atoms with E-state index in [1.807, 2.05) is 0 Å². The molecule has 66 valence electrons. The Morgan fingerprint density at radius 1 is 1.67 bits per heavy atom. The third-order valence-corrected chi connectivity index (χ3v) is 2.89. The van der Waals surface area contributed by atoms with E-state index in [1.165, 1.54) is 11.5 Å². The van der Waals surface area contributed by atoms with E-state index in [0.29, 0.717) is 10.8 Å². The number of anilines is 1. The van der Waals surface area contributed by atoms with Gasteiger partial charge in [0.25, 0.3) is 0 Å². The summed E-state index contributed by atoms with van der Waals surface area (Å²) in [5.74, 6) is 0.434. The van der Waals surface area contributed by atoms with Gasteiger partial charge in [-0.25, -0.2) is 0 Å². The Labute approximate surface area is 80.4 Å². The second-order valence-electron chi connectivity index (χ2n) is 2.36. The molecule has 1 aromatic heterocycles. The lowest BCUT2D eigenvalue weighted by atomic mass is 10.2. The zero-order chi connectivity index (χ0) is 8.97. The Kier molecular flexibility index (Phi) is 3.49. The van der Waals surface area contributed by atoms with Gasteiger partial charge in [-0.2, -0.15) is 4.37 Å². The average Bonchev–Trinajstić information content (AvgIpc) is 2.36. The van der Waals surface area contributed by atoms with E-state index in [2.05, 4.69) is 16.1 Å². The molecule has 1 aromatic rings. The van der Waals surface area contributed by atoms with Gasteiger partial charge in [-0.05, 0) is 31.1 Å². The smallest absolute Gasteiger partial charge is 0.156 e. The van der Waals surface area contributed by atoms with Crippen LogP contribution in [0.4, 0.5) is 5.82 Å². The molecule has 0 unspecified atom stereocenters. The lowest BCUT2D eigenvalue weighted by Gasteiger charge is -1.93. The summed E-state index contributed by atoms with van der Waals surface area (Å²) in [5, 5.41) is 0.601. The van der Waals surface area contributed by atoms with Crippen molar-refractivity contribution in [1.82, 2.24) is 4.37 Å². The molecule has 0 aliphatic rings. The minimum atomic E-state index is 0.434. The molecule has 2 N–H and O–H groups in total. The summed E-state index contributed by atoms with van der Waals surface area (Å²) in [6, 6.07) is 0. The van der Waals surface area contributed by atoms with Crippen molar-refractivity contribution in [2.75, 3.05) is 12.3 Å². The predicted molar refractivity (Wildman–Crippen MR) is 54.3 cm³/mol. The molecule has 1 heterocycles. The van der Waals surface area contributed by atoms with Gasteiger partial charge in [0.15, 0.2) is 5.82 Å². The van der Waals surface area contributed by atoms with Crippen molar-refractivity contribution in [2.45, 2.75) is 12.8 Å². The Hall–Kier alpha value is -0.610. The van der Waals surface area contributed by atoms with Gasteiger partial charge in [-0.1, -0.05) is 11.6 Å². The fourth-order valence-electron chi connectivity index (χ4n) is 0.834. The fourth-order valence-corrected chi connectivity index (χ4v) is 1.84. The molecule has 0 aliphatic carbocycles. The van der Waals surface area contributed by atoms with E-state index >= 15 is 0 Å². The van der Waals surface area contributed by atoms with E-state index < -0.39 is 0 Å². The maximum Gasteiger partial charge on any atom is 0.156 e. The van der Waals surface area contributed by atoms with Gasteiger partial charge in [0, 0.05) is 11.4 Å². The Morgan fingerprint density at radius 2 is 2.42 bits per heavy atom. The van der Waals surface area contributed by atoms with Gasteiger partial charge in [-0.3, -0.25) is 0 Å². The number of nitrogen functional groups attached to an aromatic ring is 1. The van der Waals surface area contributed by atoms with Crippen molar-refractivity contribution in [3.05, 3.63) is 9.90 Å². The zero-order valence-electron chi connectivity index (χ0n) is 6.59. The summed E-state index contributed by atoms with van der Waals surface area (Å²) < 4.78 is 3.94. The maximum atomic E-state index is 5.86. The second-order valence-corrected chi connectivity index (χ2v) is 3.59. The van der Waals surface area contributed by atoms with Crippen LogP contribution in [-0.4, -0.2) is 17.6 Å². The molecule has 0 bridgehead atoms. The normalized spacial score (nSPS) is 10.1. The molecule has 3 nitrogen and oxygen atoms in total. The molecule has 0 radical (unpaired) electrons. The van der Waals surface area contributed by atoms with Crippen LogP contribution in [0.2, 0.25) is 5.02 Å². The Morgan fingerprint density at radius 3 is 2.92 bits per heavy atom. The number of aromatic nitrogens is 1. The summed E-state index contributed by atoms with van der Waals surface area (Å²) in [5.41, 5.74) is 5.48. The Bertz CT molecular complexity index is 272. The third kappa shape index (κ3) is 2.19. The summed E-state index contributed by atoms with van der Waals surface area (Å²) in [4.78, 5) is 4.79. The number of aliphatic imine (C=N–C) groups is 1. The van der Waals surface area contributed by atoms with Gasteiger partial charge < -0.3 is 10.7 Å². The molecule has 5 heteroatoms. The van der Waals surface area contributed by atoms with Crippen LogP contribution in [0.3, 0.4) is 0 Å². The molecule has 0 aromatic carbocycles. The minimum absolute atomic E-state index is 0.434. The monoisotopic (exact) mass is 203 g/mol. The highest BCUT2D eigenvalue weighted by Crippen LogP contribution is 2.27. The molecule has 0 spiro atoms. The van der Waals surface area contributed by atoms with E-state index in [0.717, 1.165) is 24.3 Å². The van der Waals surface area contributed by atoms with E-state index in [4.69, 9.17) is 17.3 Å². The molecule has 0 aliphatic heterocycles. The standard InChI is InChI=1S/C7H10ClN3S/c1-10-4-2-3-5-6(8)7(9)11-12-5/h1-4H2,(H2,9,11). The largest absolute Gasteiger partial charge is 0.382 e. The molecule has 12 heavy (non-hydrogen) atoms. The SMILES string of the molecule is C=NCCCc1snc(N)c1Cl. The summed E-state index contributed by atoms with van der Waals surface area (Å²) >= 11 is 7.22. The summed E-state index contributed by atoms with van der Waals surface area (Å²) in [7, 11) is 0.